The molecule has 1 unspecified atom stereocenters. The third kappa shape index (κ3) is 3.74. The van der Waals surface area contributed by atoms with Crippen molar-refractivity contribution in [1.82, 2.24) is 4.90 Å². The summed E-state index contributed by atoms with van der Waals surface area (Å²) in [4.78, 5) is 18.6. The van der Waals surface area contributed by atoms with Crippen molar-refractivity contribution < 1.29 is 9.90 Å². The molecule has 138 valence electrons. The lowest BCUT2D eigenvalue weighted by atomic mass is 9.96. The Balaban J connectivity index is 2.06. The van der Waals surface area contributed by atoms with E-state index in [-0.39, 0.29) is 0 Å². The quantitative estimate of drug-likeness (QED) is 0.796. The van der Waals surface area contributed by atoms with Crippen LogP contribution in [0.4, 0.5) is 11.4 Å². The summed E-state index contributed by atoms with van der Waals surface area (Å²) in [5.41, 5.74) is 4.45. The molecule has 5 heteroatoms. The topological polar surface area (TPSA) is 43.8 Å². The van der Waals surface area contributed by atoms with Crippen LogP contribution in [0.25, 0.3) is 0 Å². The van der Waals surface area contributed by atoms with Crippen LogP contribution >= 0.6 is 11.8 Å². The second-order valence-corrected chi connectivity index (χ2v) is 8.14. The van der Waals surface area contributed by atoms with Crippen molar-refractivity contribution in [2.45, 2.75) is 36.0 Å². The molecular weight excluding hydrogens is 344 g/mol. The molecule has 2 aromatic carbocycles. The Morgan fingerprint density at radius 3 is 2.58 bits per heavy atom. The number of carbonyl (C=O) groups is 1. The Morgan fingerprint density at radius 1 is 1.15 bits per heavy atom. The summed E-state index contributed by atoms with van der Waals surface area (Å²) in [6.45, 7) is 5.83. The smallest absolute Gasteiger partial charge is 0.310 e. The highest BCUT2D eigenvalue weighted by Crippen LogP contribution is 2.49. The van der Waals surface area contributed by atoms with E-state index in [4.69, 9.17) is 0 Å². The van der Waals surface area contributed by atoms with Gasteiger partial charge < -0.3 is 14.9 Å². The summed E-state index contributed by atoms with van der Waals surface area (Å²) < 4.78 is 0. The van der Waals surface area contributed by atoms with Crippen molar-refractivity contribution in [3.8, 4) is 0 Å². The number of benzene rings is 2. The van der Waals surface area contributed by atoms with E-state index in [0.29, 0.717) is 6.42 Å². The number of aliphatic carboxylic acids is 1. The fourth-order valence-electron chi connectivity index (χ4n) is 3.32. The minimum absolute atomic E-state index is 0.458. The Bertz CT molecular complexity index is 820. The highest BCUT2D eigenvalue weighted by atomic mass is 32.2. The molecule has 1 atom stereocenters. The third-order valence-electron chi connectivity index (χ3n) is 4.78. The van der Waals surface area contributed by atoms with E-state index in [1.54, 1.807) is 11.8 Å². The molecule has 26 heavy (non-hydrogen) atoms. The summed E-state index contributed by atoms with van der Waals surface area (Å²) in [7, 11) is 4.15. The van der Waals surface area contributed by atoms with E-state index >= 15 is 0 Å². The summed E-state index contributed by atoms with van der Waals surface area (Å²) in [6.07, 6.45) is 0.592. The number of anilines is 2. The van der Waals surface area contributed by atoms with Gasteiger partial charge in [-0.25, -0.2) is 0 Å². The highest BCUT2D eigenvalue weighted by Gasteiger charge is 2.26. The molecule has 0 aliphatic carbocycles. The van der Waals surface area contributed by atoms with Crippen LogP contribution in [0.1, 0.15) is 30.4 Å². The van der Waals surface area contributed by atoms with Gasteiger partial charge in [-0.2, -0.15) is 0 Å². The molecule has 1 aliphatic rings. The molecule has 1 N–H and O–H groups in total. The van der Waals surface area contributed by atoms with Gasteiger partial charge in [-0.15, -0.1) is 0 Å². The van der Waals surface area contributed by atoms with Gasteiger partial charge in [-0.3, -0.25) is 4.79 Å². The molecule has 0 saturated heterocycles. The van der Waals surface area contributed by atoms with Crippen LogP contribution in [0.15, 0.2) is 46.2 Å². The van der Waals surface area contributed by atoms with Gasteiger partial charge in [0, 0.05) is 22.9 Å². The van der Waals surface area contributed by atoms with E-state index in [9.17, 15) is 9.90 Å². The van der Waals surface area contributed by atoms with Gasteiger partial charge in [-0.05, 0) is 62.8 Å². The fourth-order valence-corrected chi connectivity index (χ4v) is 4.49. The molecule has 2 aromatic rings. The Hall–Kier alpha value is -1.98. The minimum atomic E-state index is -0.758. The van der Waals surface area contributed by atoms with E-state index in [1.807, 2.05) is 13.0 Å². The molecule has 0 fully saturated rings. The zero-order valence-electron chi connectivity index (χ0n) is 15.8. The molecule has 1 aliphatic heterocycles. The number of carboxylic acids is 1. The van der Waals surface area contributed by atoms with Crippen LogP contribution in [0.5, 0.6) is 0 Å². The number of hydrogen-bond acceptors (Lipinski definition) is 4. The predicted octanol–water partition coefficient (Wildman–Crippen LogP) is 4.74. The molecule has 3 rings (SSSR count). The van der Waals surface area contributed by atoms with Crippen LogP contribution in [-0.2, 0) is 4.79 Å². The molecule has 0 radical (unpaired) electrons. The SMILES string of the molecule is CCC(C(=O)O)c1ccc2c(c1)N(CCN(C)C)c1ccc(C)cc1S2. The maximum absolute atomic E-state index is 11.6. The zero-order valence-corrected chi connectivity index (χ0v) is 16.6. The average Bonchev–Trinajstić information content (AvgIpc) is 2.58. The number of nitrogens with zero attached hydrogens (tertiary/aromatic N) is 2. The Morgan fingerprint density at radius 2 is 1.92 bits per heavy atom. The maximum atomic E-state index is 11.6. The van der Waals surface area contributed by atoms with Crippen molar-refractivity contribution in [1.29, 1.82) is 0 Å². The molecule has 4 nitrogen and oxygen atoms in total. The minimum Gasteiger partial charge on any atom is -0.481 e. The van der Waals surface area contributed by atoms with Crippen molar-refractivity contribution in [3.05, 3.63) is 47.5 Å². The summed E-state index contributed by atoms with van der Waals surface area (Å²) >= 11 is 1.77. The molecule has 0 aromatic heterocycles. The largest absolute Gasteiger partial charge is 0.481 e. The van der Waals surface area contributed by atoms with Gasteiger partial charge in [-0.1, -0.05) is 30.8 Å². The standard InChI is InChI=1S/C21H26N2O2S/c1-5-16(21(24)25)15-7-9-19-18(13-15)23(11-10-22(3)4)17-8-6-14(2)12-20(17)26-19/h6-9,12-13,16H,5,10-11H2,1-4H3,(H,24,25). The normalized spacial score (nSPS) is 14.1. The molecule has 1 heterocycles. The van der Waals surface area contributed by atoms with Crippen molar-refractivity contribution in [3.63, 3.8) is 0 Å². The van der Waals surface area contributed by atoms with Gasteiger partial charge in [0.15, 0.2) is 0 Å². The summed E-state index contributed by atoms with van der Waals surface area (Å²) in [6, 6.07) is 12.7. The number of rotatable bonds is 6. The van der Waals surface area contributed by atoms with Crippen molar-refractivity contribution in [2.24, 2.45) is 0 Å². The lowest BCUT2D eigenvalue weighted by molar-refractivity contribution is -0.138. The van der Waals surface area contributed by atoms with Gasteiger partial charge >= 0.3 is 5.97 Å². The van der Waals surface area contributed by atoms with E-state index in [1.165, 1.54) is 21.0 Å². The lowest BCUT2D eigenvalue weighted by Crippen LogP contribution is -2.30. The van der Waals surface area contributed by atoms with E-state index in [2.05, 4.69) is 61.2 Å². The predicted molar refractivity (Wildman–Crippen MR) is 108 cm³/mol. The van der Waals surface area contributed by atoms with Crippen molar-refractivity contribution >= 4 is 29.1 Å². The molecule has 0 saturated carbocycles. The maximum Gasteiger partial charge on any atom is 0.310 e. The number of fused-ring (bicyclic) bond motifs is 2. The van der Waals surface area contributed by atoms with E-state index < -0.39 is 11.9 Å². The van der Waals surface area contributed by atoms with Crippen molar-refractivity contribution in [2.75, 3.05) is 32.1 Å². The monoisotopic (exact) mass is 370 g/mol. The number of aryl methyl sites for hydroxylation is 1. The molecule has 0 bridgehead atoms. The fraction of sp³-hybridized carbons (Fsp3) is 0.381. The third-order valence-corrected chi connectivity index (χ3v) is 5.89. The summed E-state index contributed by atoms with van der Waals surface area (Å²) in [5.74, 6) is -1.22. The highest BCUT2D eigenvalue weighted by molar-refractivity contribution is 7.99. The first kappa shape index (κ1) is 18.8. The van der Waals surface area contributed by atoms with Crippen LogP contribution in [0.3, 0.4) is 0 Å². The zero-order chi connectivity index (χ0) is 18.8. The number of likely N-dealkylation sites (N-methyl/N-ethyl adjacent to an activating group) is 1. The van der Waals surface area contributed by atoms with Gasteiger partial charge in [0.2, 0.25) is 0 Å². The first-order valence-corrected chi connectivity index (χ1v) is 9.80. The second kappa shape index (κ2) is 7.72. The first-order chi connectivity index (χ1) is 12.4. The van der Waals surface area contributed by atoms with Crippen LogP contribution < -0.4 is 4.90 Å². The lowest BCUT2D eigenvalue weighted by Gasteiger charge is -2.34. The Labute approximate surface area is 159 Å². The molecule has 0 amide bonds. The number of hydrogen-bond donors (Lipinski definition) is 1. The Kier molecular flexibility index (Phi) is 5.58. The van der Waals surface area contributed by atoms with Crippen LogP contribution in [0.2, 0.25) is 0 Å². The van der Waals surface area contributed by atoms with Crippen LogP contribution in [-0.4, -0.2) is 43.2 Å². The van der Waals surface area contributed by atoms with Gasteiger partial charge in [0.1, 0.15) is 0 Å². The molecular formula is C21H26N2O2S. The number of carboxylic acid groups (broad SMARTS) is 1. The second-order valence-electron chi connectivity index (χ2n) is 7.05. The summed E-state index contributed by atoms with van der Waals surface area (Å²) in [5, 5.41) is 9.54. The first-order valence-electron chi connectivity index (χ1n) is 8.98. The average molecular weight is 371 g/mol. The van der Waals surface area contributed by atoms with Gasteiger partial charge in [0.05, 0.1) is 17.3 Å². The van der Waals surface area contributed by atoms with Crippen LogP contribution in [0, 0.1) is 6.92 Å². The van der Waals surface area contributed by atoms with E-state index in [0.717, 1.165) is 24.3 Å². The molecule has 0 spiro atoms. The van der Waals surface area contributed by atoms with Gasteiger partial charge in [0.25, 0.3) is 0 Å².